The zero-order chi connectivity index (χ0) is 35.7. The van der Waals surface area contributed by atoms with Crippen LogP contribution in [0.3, 0.4) is 0 Å². The summed E-state index contributed by atoms with van der Waals surface area (Å²) in [5.41, 5.74) is 5.49. The van der Waals surface area contributed by atoms with Crippen LogP contribution in [-0.4, -0.2) is 13.1 Å². The van der Waals surface area contributed by atoms with Crippen molar-refractivity contribution in [1.29, 1.82) is 0 Å². The van der Waals surface area contributed by atoms with E-state index in [2.05, 4.69) is 86.9 Å². The molecule has 0 atom stereocenters. The summed E-state index contributed by atoms with van der Waals surface area (Å²) in [5, 5.41) is 7.52. The lowest BCUT2D eigenvalue weighted by atomic mass is 9.99. The second-order valence-electron chi connectivity index (χ2n) is 16.6. The molecule has 0 aromatic heterocycles. The topological polar surface area (TPSA) is 24.1 Å². The maximum atomic E-state index is 3.76. The number of hydrogen-bond donors (Lipinski definition) is 2. The van der Waals surface area contributed by atoms with Crippen LogP contribution in [0.5, 0.6) is 0 Å². The quantitative estimate of drug-likeness (QED) is 0.0704. The van der Waals surface area contributed by atoms with Crippen molar-refractivity contribution in [1.82, 2.24) is 10.6 Å². The van der Waals surface area contributed by atoms with Gasteiger partial charge in [0.25, 0.3) is 0 Å². The minimum absolute atomic E-state index is 0.876. The van der Waals surface area contributed by atoms with E-state index in [4.69, 9.17) is 0 Å². The molecule has 0 heterocycles. The maximum Gasteiger partial charge on any atom is 0.0205 e. The highest BCUT2D eigenvalue weighted by Gasteiger charge is 2.05. The summed E-state index contributed by atoms with van der Waals surface area (Å²) < 4.78 is 0. The molecule has 0 spiro atoms. The summed E-state index contributed by atoms with van der Waals surface area (Å²) in [6.07, 6.45) is 36.9. The Kier molecular flexibility index (Phi) is 28.5. The summed E-state index contributed by atoms with van der Waals surface area (Å²) in [7, 11) is 0. The zero-order valence-corrected chi connectivity index (χ0v) is 34.0. The Balaban J connectivity index is 1.52. The first-order valence-corrected chi connectivity index (χ1v) is 22.1. The fraction of sp³-hybridized carbons (Fsp3) is 0.750. The number of nitrogens with one attached hydrogen (secondary N) is 2. The van der Waals surface area contributed by atoms with Gasteiger partial charge >= 0.3 is 0 Å². The van der Waals surface area contributed by atoms with E-state index in [0.29, 0.717) is 0 Å². The Morgan fingerprint density at radius 3 is 1.02 bits per heavy atom. The first-order chi connectivity index (χ1) is 24.5. The Bertz CT molecular complexity index is 938. The summed E-state index contributed by atoms with van der Waals surface area (Å²) in [6.45, 7) is 13.6. The van der Waals surface area contributed by atoms with E-state index in [-0.39, 0.29) is 0 Å². The van der Waals surface area contributed by atoms with Crippen LogP contribution in [0.2, 0.25) is 0 Å². The van der Waals surface area contributed by atoms with Crippen LogP contribution < -0.4 is 10.6 Å². The molecule has 0 unspecified atom stereocenters. The number of benzene rings is 2. The molecule has 0 aliphatic rings. The Morgan fingerprint density at radius 1 is 0.360 bits per heavy atom. The molecule has 2 nitrogen and oxygen atoms in total. The minimum Gasteiger partial charge on any atom is -0.313 e. The van der Waals surface area contributed by atoms with Crippen molar-refractivity contribution in [2.75, 3.05) is 13.1 Å². The van der Waals surface area contributed by atoms with Gasteiger partial charge in [0.1, 0.15) is 0 Å². The predicted molar refractivity (Wildman–Crippen MR) is 225 cm³/mol. The molecule has 286 valence electrons. The minimum atomic E-state index is 0.876. The summed E-state index contributed by atoms with van der Waals surface area (Å²) >= 11 is 0. The number of unbranched alkanes of at least 4 members (excludes halogenated alkanes) is 22. The van der Waals surface area contributed by atoms with E-state index >= 15 is 0 Å². The highest BCUT2D eigenvalue weighted by molar-refractivity contribution is 5.65. The van der Waals surface area contributed by atoms with E-state index in [1.165, 1.54) is 189 Å². The van der Waals surface area contributed by atoms with Crippen LogP contribution in [-0.2, 0) is 13.1 Å². The molecule has 2 N–H and O–H groups in total. The molecule has 0 aliphatic heterocycles. The predicted octanol–water partition coefficient (Wildman–Crippen LogP) is 15.0. The van der Waals surface area contributed by atoms with Gasteiger partial charge in [-0.05, 0) is 72.2 Å². The van der Waals surface area contributed by atoms with Gasteiger partial charge in [-0.1, -0.05) is 218 Å². The largest absolute Gasteiger partial charge is 0.313 e. The van der Waals surface area contributed by atoms with Crippen molar-refractivity contribution in [3.05, 3.63) is 59.7 Å². The van der Waals surface area contributed by atoms with Crippen LogP contribution in [0, 0.1) is 11.8 Å². The lowest BCUT2D eigenvalue weighted by Crippen LogP contribution is -2.17. The molecule has 0 saturated heterocycles. The van der Waals surface area contributed by atoms with Crippen LogP contribution in [0.4, 0.5) is 0 Å². The molecule has 0 saturated carbocycles. The Morgan fingerprint density at radius 2 is 0.680 bits per heavy atom. The molecular weight excluding hydrogens is 605 g/mol. The van der Waals surface area contributed by atoms with Crippen molar-refractivity contribution in [3.63, 3.8) is 0 Å². The summed E-state index contributed by atoms with van der Waals surface area (Å²) in [6, 6.07) is 18.1. The molecule has 0 bridgehead atoms. The smallest absolute Gasteiger partial charge is 0.0205 e. The van der Waals surface area contributed by atoms with Crippen molar-refractivity contribution >= 4 is 0 Å². The van der Waals surface area contributed by atoms with Gasteiger partial charge < -0.3 is 10.6 Å². The van der Waals surface area contributed by atoms with E-state index in [1.807, 2.05) is 0 Å². The first kappa shape index (κ1) is 44.5. The fourth-order valence-electron chi connectivity index (χ4n) is 7.37. The third-order valence-electron chi connectivity index (χ3n) is 10.6. The lowest BCUT2D eigenvalue weighted by molar-refractivity contribution is 0.502. The second-order valence-corrected chi connectivity index (χ2v) is 16.6. The van der Waals surface area contributed by atoms with Crippen LogP contribution >= 0.6 is 0 Å². The van der Waals surface area contributed by atoms with Crippen molar-refractivity contribution < 1.29 is 0 Å². The Labute approximate surface area is 313 Å². The molecule has 2 aromatic rings. The maximum absolute atomic E-state index is 3.76. The van der Waals surface area contributed by atoms with Gasteiger partial charge in [0, 0.05) is 13.1 Å². The molecule has 0 radical (unpaired) electrons. The number of rotatable bonds is 35. The molecular formula is C48H84N2. The average Bonchev–Trinajstić information content (AvgIpc) is 3.11. The fourth-order valence-corrected chi connectivity index (χ4v) is 7.37. The molecule has 2 aromatic carbocycles. The highest BCUT2D eigenvalue weighted by Crippen LogP contribution is 2.23. The van der Waals surface area contributed by atoms with Crippen LogP contribution in [0.1, 0.15) is 206 Å². The lowest BCUT2D eigenvalue weighted by Gasteiger charge is -2.12. The first-order valence-electron chi connectivity index (χ1n) is 22.1. The summed E-state index contributed by atoms with van der Waals surface area (Å²) in [5.74, 6) is 1.75. The highest BCUT2D eigenvalue weighted by atomic mass is 14.9. The molecule has 50 heavy (non-hydrogen) atoms. The van der Waals surface area contributed by atoms with Gasteiger partial charge in [0.05, 0.1) is 0 Å². The average molecular weight is 689 g/mol. The van der Waals surface area contributed by atoms with Crippen molar-refractivity contribution in [2.45, 2.75) is 208 Å². The van der Waals surface area contributed by atoms with Gasteiger partial charge in [-0.3, -0.25) is 0 Å². The van der Waals surface area contributed by atoms with Gasteiger partial charge in [-0.2, -0.15) is 0 Å². The van der Waals surface area contributed by atoms with Gasteiger partial charge in [-0.25, -0.2) is 0 Å². The normalized spacial score (nSPS) is 11.7. The van der Waals surface area contributed by atoms with Crippen molar-refractivity contribution in [3.8, 4) is 11.1 Å². The van der Waals surface area contributed by atoms with Crippen LogP contribution in [0.25, 0.3) is 11.1 Å². The van der Waals surface area contributed by atoms with E-state index in [1.54, 1.807) is 0 Å². The Hall–Kier alpha value is -1.64. The van der Waals surface area contributed by atoms with Crippen LogP contribution in [0.15, 0.2) is 48.5 Å². The van der Waals surface area contributed by atoms with E-state index in [0.717, 1.165) is 38.0 Å². The van der Waals surface area contributed by atoms with Crippen molar-refractivity contribution in [2.24, 2.45) is 11.8 Å². The summed E-state index contributed by atoms with van der Waals surface area (Å²) in [4.78, 5) is 0. The van der Waals surface area contributed by atoms with E-state index in [9.17, 15) is 0 Å². The molecule has 2 heteroatoms. The molecule has 2 rings (SSSR count). The molecule has 0 fully saturated rings. The van der Waals surface area contributed by atoms with E-state index < -0.39 is 0 Å². The molecule has 0 amide bonds. The standard InChI is InChI=1S/C48H84N2/c1-43(2)32-26-21-17-13-9-5-7-11-15-19-23-30-36-49-41-45-38-46(40-48(39-45)47-34-28-25-29-35-47)42-50-37-31-24-20-16-12-8-6-10-14-18-22-27-33-44(3)4/h25,28-29,34-35,38-40,43-44,49-50H,5-24,26-27,30-33,36-37,41-42H2,1-4H3. The SMILES string of the molecule is CC(C)CCCCCCCCCCCCCCNCc1cc(CNCCCCCCCCCCCCCCC(C)C)cc(-c2ccccc2)c1. The number of hydrogen-bond acceptors (Lipinski definition) is 2. The molecule has 0 aliphatic carbocycles. The van der Waals surface area contributed by atoms with Gasteiger partial charge in [0.15, 0.2) is 0 Å². The third-order valence-corrected chi connectivity index (χ3v) is 10.6. The second kappa shape index (κ2) is 32.0. The van der Waals surface area contributed by atoms with Gasteiger partial charge in [0.2, 0.25) is 0 Å². The zero-order valence-electron chi connectivity index (χ0n) is 34.0. The third kappa shape index (κ3) is 26.2. The monoisotopic (exact) mass is 689 g/mol. The van der Waals surface area contributed by atoms with Gasteiger partial charge in [-0.15, -0.1) is 0 Å².